The highest BCUT2D eigenvalue weighted by atomic mass is 35.5. The van der Waals surface area contributed by atoms with Crippen molar-refractivity contribution in [3.05, 3.63) is 45.4 Å². The van der Waals surface area contributed by atoms with Crippen LogP contribution in [0.2, 0.25) is 10.0 Å². The van der Waals surface area contributed by atoms with E-state index in [2.05, 4.69) is 4.99 Å². The van der Waals surface area contributed by atoms with Crippen LogP contribution in [0.25, 0.3) is 0 Å². The van der Waals surface area contributed by atoms with E-state index in [1.54, 1.807) is 0 Å². The maximum atomic E-state index is 11.9. The number of carbonyl (C=O) groups is 1. The molecule has 23 heavy (non-hydrogen) atoms. The Bertz CT molecular complexity index is 758. The van der Waals surface area contributed by atoms with Gasteiger partial charge in [-0.05, 0) is 24.3 Å². The van der Waals surface area contributed by atoms with Crippen molar-refractivity contribution in [3.8, 4) is 23.0 Å². The largest absolute Gasteiger partial charge is 0.507 e. The van der Waals surface area contributed by atoms with Crippen molar-refractivity contribution in [1.82, 2.24) is 0 Å². The zero-order chi connectivity index (χ0) is 17.1. The van der Waals surface area contributed by atoms with Crippen molar-refractivity contribution in [2.45, 2.75) is 0 Å². The average molecular weight is 356 g/mol. The van der Waals surface area contributed by atoms with Crippen molar-refractivity contribution >= 4 is 35.2 Å². The standard InChI is InChI=1S/C15H11Cl2NO5/c16-8-3-10(17)9(11(19)4-8)5-18-6-14(22)7-1-12(20)15(23)13(21)2-7/h1-5,19-21,23H,6H2. The van der Waals surface area contributed by atoms with Crippen LogP contribution in [0.4, 0.5) is 0 Å². The first kappa shape index (κ1) is 16.9. The average Bonchev–Trinajstić information content (AvgIpc) is 2.46. The molecular weight excluding hydrogens is 345 g/mol. The van der Waals surface area contributed by atoms with Crippen LogP contribution >= 0.6 is 23.2 Å². The van der Waals surface area contributed by atoms with Gasteiger partial charge >= 0.3 is 0 Å². The Kier molecular flexibility index (Phi) is 4.98. The Labute approximate surface area is 140 Å². The number of Topliss-reactive ketones (excluding diaryl/α,β-unsaturated/α-hetero) is 1. The first-order valence-electron chi connectivity index (χ1n) is 6.25. The fraction of sp³-hybridized carbons (Fsp3) is 0.0667. The molecule has 0 amide bonds. The number of ketones is 1. The van der Waals surface area contributed by atoms with Gasteiger partial charge in [-0.3, -0.25) is 9.79 Å². The number of hydrogen-bond donors (Lipinski definition) is 4. The third-order valence-corrected chi connectivity index (χ3v) is 3.45. The highest BCUT2D eigenvalue weighted by Gasteiger charge is 2.13. The third-order valence-electron chi connectivity index (χ3n) is 2.92. The highest BCUT2D eigenvalue weighted by molar-refractivity contribution is 6.36. The number of phenols is 4. The molecule has 2 rings (SSSR count). The van der Waals surface area contributed by atoms with Gasteiger partial charge in [0.2, 0.25) is 0 Å². The number of benzene rings is 2. The van der Waals surface area contributed by atoms with E-state index in [4.69, 9.17) is 23.2 Å². The number of hydrogen-bond acceptors (Lipinski definition) is 6. The van der Waals surface area contributed by atoms with Crippen molar-refractivity contribution in [1.29, 1.82) is 0 Å². The molecule has 8 heteroatoms. The van der Waals surface area contributed by atoms with E-state index < -0.39 is 23.0 Å². The summed E-state index contributed by atoms with van der Waals surface area (Å²) >= 11 is 11.6. The monoisotopic (exact) mass is 355 g/mol. The summed E-state index contributed by atoms with van der Waals surface area (Å²) in [5.74, 6) is -2.63. The van der Waals surface area contributed by atoms with Crippen LogP contribution in [0.5, 0.6) is 23.0 Å². The molecule has 0 bridgehead atoms. The van der Waals surface area contributed by atoms with E-state index in [0.717, 1.165) is 12.1 Å². The van der Waals surface area contributed by atoms with Crippen LogP contribution in [-0.2, 0) is 0 Å². The minimum Gasteiger partial charge on any atom is -0.507 e. The van der Waals surface area contributed by atoms with Gasteiger partial charge in [0, 0.05) is 16.8 Å². The fourth-order valence-corrected chi connectivity index (χ4v) is 2.31. The molecule has 0 aliphatic rings. The van der Waals surface area contributed by atoms with Crippen molar-refractivity contribution in [3.63, 3.8) is 0 Å². The Hall–Kier alpha value is -2.44. The molecule has 0 heterocycles. The van der Waals surface area contributed by atoms with Crippen LogP contribution in [0.1, 0.15) is 15.9 Å². The smallest absolute Gasteiger partial charge is 0.200 e. The minimum absolute atomic E-state index is 0.0265. The summed E-state index contributed by atoms with van der Waals surface area (Å²) in [6.45, 7) is -0.317. The van der Waals surface area contributed by atoms with Crippen LogP contribution in [0, 0.1) is 0 Å². The summed E-state index contributed by atoms with van der Waals surface area (Å²) in [4.78, 5) is 15.8. The number of aliphatic imine (C=N–C) groups is 1. The lowest BCUT2D eigenvalue weighted by Crippen LogP contribution is -2.03. The predicted molar refractivity (Wildman–Crippen MR) is 86.4 cm³/mol. The highest BCUT2D eigenvalue weighted by Crippen LogP contribution is 2.35. The van der Waals surface area contributed by atoms with E-state index in [9.17, 15) is 25.2 Å². The first-order chi connectivity index (χ1) is 10.8. The molecule has 2 aromatic carbocycles. The second kappa shape index (κ2) is 6.76. The van der Waals surface area contributed by atoms with E-state index in [0.29, 0.717) is 0 Å². The van der Waals surface area contributed by atoms with Gasteiger partial charge in [-0.15, -0.1) is 0 Å². The Morgan fingerprint density at radius 2 is 1.61 bits per heavy atom. The van der Waals surface area contributed by atoms with Crippen LogP contribution in [0.15, 0.2) is 29.3 Å². The van der Waals surface area contributed by atoms with E-state index in [1.807, 2.05) is 0 Å². The molecule has 6 nitrogen and oxygen atoms in total. The molecule has 4 N–H and O–H groups in total. The molecule has 120 valence electrons. The molecule has 0 aliphatic heterocycles. The second-order valence-corrected chi connectivity index (χ2v) is 5.42. The predicted octanol–water partition coefficient (Wildman–Crippen LogP) is 3.12. The summed E-state index contributed by atoms with van der Waals surface area (Å²) in [5, 5.41) is 38.1. The van der Waals surface area contributed by atoms with Crippen LogP contribution in [0.3, 0.4) is 0 Å². The van der Waals surface area contributed by atoms with E-state index in [-0.39, 0.29) is 33.5 Å². The molecule has 0 spiro atoms. The minimum atomic E-state index is -0.706. The molecule has 0 radical (unpaired) electrons. The third kappa shape index (κ3) is 3.85. The zero-order valence-electron chi connectivity index (χ0n) is 11.5. The normalized spacial score (nSPS) is 11.0. The zero-order valence-corrected chi connectivity index (χ0v) is 13.0. The quantitative estimate of drug-likeness (QED) is 0.382. The molecule has 2 aromatic rings. The van der Waals surface area contributed by atoms with Gasteiger partial charge in [-0.2, -0.15) is 0 Å². The van der Waals surface area contributed by atoms with Gasteiger partial charge in [-0.1, -0.05) is 23.2 Å². The maximum absolute atomic E-state index is 11.9. The van der Waals surface area contributed by atoms with Crippen molar-refractivity contribution in [2.24, 2.45) is 4.99 Å². The molecule has 0 fully saturated rings. The topological polar surface area (TPSA) is 110 Å². The number of aromatic hydroxyl groups is 4. The molecular formula is C15H11Cl2NO5. The molecule has 0 atom stereocenters. The SMILES string of the molecule is O=C(CN=Cc1c(O)cc(Cl)cc1Cl)c1cc(O)c(O)c(O)c1. The van der Waals surface area contributed by atoms with Gasteiger partial charge in [-0.25, -0.2) is 0 Å². The Morgan fingerprint density at radius 1 is 1.00 bits per heavy atom. The Balaban J connectivity index is 2.16. The lowest BCUT2D eigenvalue weighted by atomic mass is 10.1. The fourth-order valence-electron chi connectivity index (χ4n) is 1.78. The van der Waals surface area contributed by atoms with E-state index >= 15 is 0 Å². The van der Waals surface area contributed by atoms with Gasteiger partial charge in [0.25, 0.3) is 0 Å². The maximum Gasteiger partial charge on any atom is 0.200 e. The summed E-state index contributed by atoms with van der Waals surface area (Å²) < 4.78 is 0. The number of rotatable bonds is 4. The molecule has 0 aromatic heterocycles. The van der Waals surface area contributed by atoms with Gasteiger partial charge < -0.3 is 20.4 Å². The summed E-state index contributed by atoms with van der Waals surface area (Å²) in [7, 11) is 0. The summed E-state index contributed by atoms with van der Waals surface area (Å²) in [5.41, 5.74) is 0.182. The lowest BCUT2D eigenvalue weighted by molar-refractivity contribution is 0.100. The number of phenolic OH excluding ortho intramolecular Hbond substituents is 4. The lowest BCUT2D eigenvalue weighted by Gasteiger charge is -2.04. The Morgan fingerprint density at radius 3 is 2.17 bits per heavy atom. The number of nitrogens with zero attached hydrogens (tertiary/aromatic N) is 1. The first-order valence-corrected chi connectivity index (χ1v) is 7.01. The van der Waals surface area contributed by atoms with Crippen LogP contribution in [-0.4, -0.2) is 39.0 Å². The van der Waals surface area contributed by atoms with E-state index in [1.165, 1.54) is 18.3 Å². The van der Waals surface area contributed by atoms with Gasteiger partial charge in [0.1, 0.15) is 12.3 Å². The number of carbonyl (C=O) groups excluding carboxylic acids is 1. The summed E-state index contributed by atoms with van der Waals surface area (Å²) in [6, 6.07) is 4.73. The molecule has 0 aliphatic carbocycles. The van der Waals surface area contributed by atoms with Crippen molar-refractivity contribution in [2.75, 3.05) is 6.54 Å². The molecule has 0 saturated carbocycles. The molecule has 0 saturated heterocycles. The van der Waals surface area contributed by atoms with Gasteiger partial charge in [0.15, 0.2) is 23.0 Å². The van der Waals surface area contributed by atoms with Gasteiger partial charge in [0.05, 0.1) is 10.6 Å². The van der Waals surface area contributed by atoms with Crippen LogP contribution < -0.4 is 0 Å². The second-order valence-electron chi connectivity index (χ2n) is 4.58. The number of halogens is 2. The molecule has 0 unspecified atom stereocenters. The summed E-state index contributed by atoms with van der Waals surface area (Å²) in [6.07, 6.45) is 1.21. The van der Waals surface area contributed by atoms with Crippen molar-refractivity contribution < 1.29 is 25.2 Å².